The number of aliphatic hydroxyl groups is 1. The Hall–Kier alpha value is -1.58. The number of nitrogens with one attached hydrogen (secondary N) is 1. The summed E-state index contributed by atoms with van der Waals surface area (Å²) in [5.74, 6) is 0.722. The smallest absolute Gasteiger partial charge is 0.350 e. The molecule has 2 aromatic heterocycles. The molecule has 0 saturated carbocycles. The van der Waals surface area contributed by atoms with Crippen molar-refractivity contribution in [2.75, 3.05) is 18.1 Å². The van der Waals surface area contributed by atoms with Crippen molar-refractivity contribution < 1.29 is 9.84 Å². The molecule has 0 aliphatic carbocycles. The van der Waals surface area contributed by atoms with E-state index < -0.39 is 5.69 Å². The van der Waals surface area contributed by atoms with Gasteiger partial charge in [-0.15, -0.1) is 11.8 Å². The van der Waals surface area contributed by atoms with Gasteiger partial charge in [0.1, 0.15) is 5.44 Å². The number of H-pyrrole nitrogens is 1. The lowest BCUT2D eigenvalue weighted by Crippen LogP contribution is -2.20. The second kappa shape index (κ2) is 4.26. The zero-order valence-electron chi connectivity index (χ0n) is 9.24. The third-order valence-corrected chi connectivity index (χ3v) is 3.80. The van der Waals surface area contributed by atoms with Crippen LogP contribution in [0.3, 0.4) is 0 Å². The molecule has 0 aromatic carbocycles. The lowest BCUT2D eigenvalue weighted by molar-refractivity contribution is 0.0350. The van der Waals surface area contributed by atoms with Crippen LogP contribution >= 0.6 is 11.8 Å². The van der Waals surface area contributed by atoms with Gasteiger partial charge in [-0.3, -0.25) is 4.98 Å². The number of nitrogens with two attached hydrogens (primary N) is 1. The number of rotatable bonds is 2. The number of hydrogen-bond donors (Lipinski definition) is 3. The number of nitrogen functional groups attached to an aromatic ring is 1. The number of nitrogens with zero attached hydrogens (tertiary/aromatic N) is 3. The van der Waals surface area contributed by atoms with Crippen molar-refractivity contribution in [1.29, 1.82) is 0 Å². The number of aromatic amines is 1. The highest BCUT2D eigenvalue weighted by molar-refractivity contribution is 8.00. The minimum atomic E-state index is -0.437. The molecule has 0 radical (unpaired) electrons. The van der Waals surface area contributed by atoms with Gasteiger partial charge in [0.15, 0.2) is 5.65 Å². The van der Waals surface area contributed by atoms with Crippen LogP contribution in [0.4, 0.5) is 5.95 Å². The Balaban J connectivity index is 2.05. The summed E-state index contributed by atoms with van der Waals surface area (Å²) < 4.78 is 6.75. The summed E-state index contributed by atoms with van der Waals surface area (Å²) >= 11 is 1.51. The Bertz CT molecular complexity index is 639. The molecule has 3 heterocycles. The molecule has 0 bridgehead atoms. The van der Waals surface area contributed by atoms with Crippen molar-refractivity contribution in [3.05, 3.63) is 22.2 Å². The molecule has 1 saturated heterocycles. The predicted octanol–water partition coefficient (Wildman–Crippen LogP) is -0.877. The lowest BCUT2D eigenvalue weighted by atomic mass is 10.2. The molecule has 1 aliphatic rings. The molecule has 0 amide bonds. The summed E-state index contributed by atoms with van der Waals surface area (Å²) in [4.78, 5) is 18.0. The van der Waals surface area contributed by atoms with Crippen LogP contribution in [0.5, 0.6) is 0 Å². The monoisotopic (exact) mass is 269 g/mol. The van der Waals surface area contributed by atoms with Gasteiger partial charge in [-0.1, -0.05) is 0 Å². The van der Waals surface area contributed by atoms with Crippen LogP contribution in [0.15, 0.2) is 11.0 Å². The van der Waals surface area contributed by atoms with Crippen LogP contribution in [0.25, 0.3) is 5.65 Å². The molecule has 0 unspecified atom stereocenters. The summed E-state index contributed by atoms with van der Waals surface area (Å²) in [5, 5.41) is 13.0. The highest BCUT2D eigenvalue weighted by Gasteiger charge is 2.29. The van der Waals surface area contributed by atoms with Crippen molar-refractivity contribution in [1.82, 2.24) is 19.6 Å². The fraction of sp³-hybridized carbons (Fsp3) is 0.444. The van der Waals surface area contributed by atoms with Crippen LogP contribution in [-0.4, -0.2) is 42.5 Å². The first-order valence-electron chi connectivity index (χ1n) is 5.30. The molecule has 1 fully saturated rings. The van der Waals surface area contributed by atoms with E-state index in [2.05, 4.69) is 15.1 Å². The van der Waals surface area contributed by atoms with Crippen molar-refractivity contribution in [2.45, 2.75) is 11.5 Å². The van der Waals surface area contributed by atoms with Gasteiger partial charge in [0.25, 0.3) is 0 Å². The maximum atomic E-state index is 11.6. The number of fused-ring (bicyclic) bond motifs is 1. The average Bonchev–Trinajstić information content (AvgIpc) is 2.93. The molecular formula is C9H11N5O3S. The minimum absolute atomic E-state index is 0.0404. The number of ether oxygens (including phenoxy) is 1. The molecule has 0 spiro atoms. The van der Waals surface area contributed by atoms with Gasteiger partial charge in [-0.2, -0.15) is 14.6 Å². The Morgan fingerprint density at radius 1 is 1.72 bits per heavy atom. The van der Waals surface area contributed by atoms with Crippen LogP contribution in [-0.2, 0) is 4.74 Å². The molecule has 9 heteroatoms. The van der Waals surface area contributed by atoms with Crippen LogP contribution in [0.1, 0.15) is 11.7 Å². The van der Waals surface area contributed by atoms with E-state index in [1.807, 2.05) is 0 Å². The van der Waals surface area contributed by atoms with E-state index in [9.17, 15) is 4.79 Å². The quantitative estimate of drug-likeness (QED) is 0.648. The highest BCUT2D eigenvalue weighted by Crippen LogP contribution is 2.35. The van der Waals surface area contributed by atoms with E-state index in [4.69, 9.17) is 15.6 Å². The molecule has 96 valence electrons. The molecule has 8 nitrogen and oxygen atoms in total. The Labute approximate surface area is 105 Å². The summed E-state index contributed by atoms with van der Waals surface area (Å²) in [6.45, 7) is -0.0451. The van der Waals surface area contributed by atoms with Crippen LogP contribution in [0.2, 0.25) is 0 Å². The standard InChI is InChI=1S/C9H11N5O3S/c10-8-12-7-4(1-11-14(7)9(16)13-8)5-3-18-6(2-15)17-5/h1,5-6,15H,2-3H2,(H3,10,12,13,16)/t5-,6+/m1/s1. The summed E-state index contributed by atoms with van der Waals surface area (Å²) in [7, 11) is 0. The SMILES string of the molecule is Nc1nc2c([C@H]3CS[C@@H](CO)O3)cnn2c(=O)[nH]1. The van der Waals surface area contributed by atoms with Gasteiger partial charge < -0.3 is 15.6 Å². The maximum absolute atomic E-state index is 11.6. The first-order valence-corrected chi connectivity index (χ1v) is 6.35. The molecule has 2 atom stereocenters. The molecule has 1 aliphatic heterocycles. The first-order chi connectivity index (χ1) is 8.69. The Morgan fingerprint density at radius 3 is 3.28 bits per heavy atom. The fourth-order valence-electron chi connectivity index (χ4n) is 1.86. The van der Waals surface area contributed by atoms with E-state index in [-0.39, 0.29) is 24.1 Å². The third kappa shape index (κ3) is 1.76. The molecule has 3 rings (SSSR count). The predicted molar refractivity (Wildman–Crippen MR) is 65.2 cm³/mol. The van der Waals surface area contributed by atoms with Gasteiger partial charge in [-0.05, 0) is 0 Å². The van der Waals surface area contributed by atoms with Gasteiger partial charge in [-0.25, -0.2) is 4.79 Å². The molecule has 18 heavy (non-hydrogen) atoms. The zero-order chi connectivity index (χ0) is 12.7. The Morgan fingerprint density at radius 2 is 2.56 bits per heavy atom. The number of aromatic nitrogens is 4. The zero-order valence-corrected chi connectivity index (χ0v) is 10.1. The van der Waals surface area contributed by atoms with Gasteiger partial charge in [0, 0.05) is 11.3 Å². The molecular weight excluding hydrogens is 258 g/mol. The van der Waals surface area contributed by atoms with Crippen molar-refractivity contribution >= 4 is 23.4 Å². The topological polar surface area (TPSA) is 119 Å². The number of hydrogen-bond acceptors (Lipinski definition) is 7. The van der Waals surface area contributed by atoms with E-state index >= 15 is 0 Å². The maximum Gasteiger partial charge on any atom is 0.350 e. The van der Waals surface area contributed by atoms with Crippen LogP contribution in [0, 0.1) is 0 Å². The molecule has 2 aromatic rings. The largest absolute Gasteiger partial charge is 0.393 e. The number of thioether (sulfide) groups is 1. The lowest BCUT2D eigenvalue weighted by Gasteiger charge is -2.08. The third-order valence-electron chi connectivity index (χ3n) is 2.67. The van der Waals surface area contributed by atoms with E-state index in [0.29, 0.717) is 17.0 Å². The number of anilines is 1. The highest BCUT2D eigenvalue weighted by atomic mass is 32.2. The van der Waals surface area contributed by atoms with Crippen molar-refractivity contribution in [3.63, 3.8) is 0 Å². The normalized spacial score (nSPS) is 23.8. The van der Waals surface area contributed by atoms with E-state index in [0.717, 1.165) is 4.52 Å². The number of aliphatic hydroxyl groups excluding tert-OH is 1. The Kier molecular flexibility index (Phi) is 2.73. The summed E-state index contributed by atoms with van der Waals surface area (Å²) in [5.41, 5.74) is 5.92. The fourth-order valence-corrected chi connectivity index (χ4v) is 2.83. The summed E-state index contributed by atoms with van der Waals surface area (Å²) in [6.07, 6.45) is 1.31. The van der Waals surface area contributed by atoms with Gasteiger partial charge in [0.2, 0.25) is 5.95 Å². The first kappa shape index (κ1) is 11.5. The second-order valence-electron chi connectivity index (χ2n) is 3.83. The van der Waals surface area contributed by atoms with Crippen molar-refractivity contribution in [3.8, 4) is 0 Å². The average molecular weight is 269 g/mol. The van der Waals surface area contributed by atoms with Crippen molar-refractivity contribution in [2.24, 2.45) is 0 Å². The van der Waals surface area contributed by atoms with Gasteiger partial charge in [0.05, 0.1) is 18.9 Å². The van der Waals surface area contributed by atoms with E-state index in [1.54, 1.807) is 6.20 Å². The second-order valence-corrected chi connectivity index (χ2v) is 5.03. The molecule has 4 N–H and O–H groups in total. The van der Waals surface area contributed by atoms with Crippen LogP contribution < -0.4 is 11.4 Å². The minimum Gasteiger partial charge on any atom is -0.393 e. The van der Waals surface area contributed by atoms with E-state index in [1.165, 1.54) is 11.8 Å². The summed E-state index contributed by atoms with van der Waals surface area (Å²) in [6, 6.07) is 0. The van der Waals surface area contributed by atoms with Gasteiger partial charge >= 0.3 is 5.69 Å².